The van der Waals surface area contributed by atoms with Crippen molar-refractivity contribution in [3.63, 3.8) is 0 Å². The molecule has 0 saturated carbocycles. The van der Waals surface area contributed by atoms with Crippen molar-refractivity contribution >= 4 is 5.82 Å². The molecule has 0 atom stereocenters. The maximum absolute atomic E-state index is 5.12. The van der Waals surface area contributed by atoms with Crippen molar-refractivity contribution in [2.45, 2.75) is 20.1 Å². The summed E-state index contributed by atoms with van der Waals surface area (Å²) < 4.78 is 5.12. The lowest BCUT2D eigenvalue weighted by Gasteiger charge is -2.08. The van der Waals surface area contributed by atoms with Gasteiger partial charge in [0.2, 0.25) is 0 Å². The Morgan fingerprint density at radius 3 is 2.72 bits per heavy atom. The minimum Gasteiger partial charge on any atom is -0.380 e. The van der Waals surface area contributed by atoms with Crippen LogP contribution in [-0.2, 0) is 17.9 Å². The number of nitrogens with zero attached hydrogens (tertiary/aromatic N) is 2. The molecule has 0 fully saturated rings. The number of nitrogens with one attached hydrogen (secondary N) is 1. The van der Waals surface area contributed by atoms with Crippen LogP contribution >= 0.6 is 0 Å². The van der Waals surface area contributed by atoms with Crippen LogP contribution in [0.2, 0.25) is 0 Å². The molecule has 0 bridgehead atoms. The monoisotopic (exact) mass is 243 g/mol. The Hall–Kier alpha value is -1.94. The van der Waals surface area contributed by atoms with E-state index in [1.54, 1.807) is 19.5 Å². The van der Waals surface area contributed by atoms with Crippen LogP contribution in [0.15, 0.2) is 36.7 Å². The lowest BCUT2D eigenvalue weighted by molar-refractivity contribution is 0.185. The van der Waals surface area contributed by atoms with Crippen molar-refractivity contribution < 1.29 is 4.74 Å². The Balaban J connectivity index is 2.02. The van der Waals surface area contributed by atoms with E-state index in [4.69, 9.17) is 4.74 Å². The quantitative estimate of drug-likeness (QED) is 0.876. The SMILES string of the molecule is COCc1cccc(CNc2nccnc2C)c1. The Morgan fingerprint density at radius 2 is 1.94 bits per heavy atom. The lowest BCUT2D eigenvalue weighted by Crippen LogP contribution is -2.04. The molecule has 2 rings (SSSR count). The van der Waals surface area contributed by atoms with Crippen LogP contribution in [-0.4, -0.2) is 17.1 Å². The summed E-state index contributed by atoms with van der Waals surface area (Å²) in [6.45, 7) is 3.31. The van der Waals surface area contributed by atoms with Gasteiger partial charge in [0.25, 0.3) is 0 Å². The smallest absolute Gasteiger partial charge is 0.147 e. The minimum absolute atomic E-state index is 0.637. The number of hydrogen-bond acceptors (Lipinski definition) is 4. The summed E-state index contributed by atoms with van der Waals surface area (Å²) >= 11 is 0. The molecular formula is C14H17N3O. The van der Waals surface area contributed by atoms with E-state index in [2.05, 4.69) is 33.5 Å². The van der Waals surface area contributed by atoms with Gasteiger partial charge < -0.3 is 10.1 Å². The zero-order valence-corrected chi connectivity index (χ0v) is 10.7. The third kappa shape index (κ3) is 3.28. The van der Waals surface area contributed by atoms with Gasteiger partial charge in [-0.1, -0.05) is 24.3 Å². The molecule has 4 nitrogen and oxygen atoms in total. The molecule has 0 amide bonds. The second-order valence-corrected chi connectivity index (χ2v) is 4.10. The van der Waals surface area contributed by atoms with E-state index in [1.807, 2.05) is 13.0 Å². The molecule has 1 aromatic heterocycles. The molecule has 1 heterocycles. The van der Waals surface area contributed by atoms with Gasteiger partial charge >= 0.3 is 0 Å². The summed E-state index contributed by atoms with van der Waals surface area (Å²) in [6, 6.07) is 8.30. The van der Waals surface area contributed by atoms with E-state index in [0.29, 0.717) is 6.61 Å². The fourth-order valence-electron chi connectivity index (χ4n) is 1.76. The molecule has 1 aromatic carbocycles. The maximum atomic E-state index is 5.12. The van der Waals surface area contributed by atoms with E-state index in [1.165, 1.54) is 11.1 Å². The maximum Gasteiger partial charge on any atom is 0.147 e. The molecule has 0 aliphatic rings. The Morgan fingerprint density at radius 1 is 1.17 bits per heavy atom. The largest absolute Gasteiger partial charge is 0.380 e. The van der Waals surface area contributed by atoms with Gasteiger partial charge in [-0.05, 0) is 18.1 Å². The number of ether oxygens (including phenoxy) is 1. The second-order valence-electron chi connectivity index (χ2n) is 4.10. The first-order chi connectivity index (χ1) is 8.79. The number of anilines is 1. The fourth-order valence-corrected chi connectivity index (χ4v) is 1.76. The molecule has 18 heavy (non-hydrogen) atoms. The zero-order chi connectivity index (χ0) is 12.8. The van der Waals surface area contributed by atoms with Gasteiger partial charge in [0, 0.05) is 26.0 Å². The number of methoxy groups -OCH3 is 1. The minimum atomic E-state index is 0.637. The normalized spacial score (nSPS) is 10.3. The summed E-state index contributed by atoms with van der Waals surface area (Å²) in [5.74, 6) is 0.828. The molecular weight excluding hydrogens is 226 g/mol. The van der Waals surface area contributed by atoms with Crippen molar-refractivity contribution in [2.75, 3.05) is 12.4 Å². The van der Waals surface area contributed by atoms with Crippen LogP contribution < -0.4 is 5.32 Å². The van der Waals surface area contributed by atoms with Crippen molar-refractivity contribution in [1.29, 1.82) is 0 Å². The molecule has 2 aromatic rings. The zero-order valence-electron chi connectivity index (χ0n) is 10.7. The molecule has 0 radical (unpaired) electrons. The highest BCUT2D eigenvalue weighted by atomic mass is 16.5. The fraction of sp³-hybridized carbons (Fsp3) is 0.286. The third-order valence-corrected chi connectivity index (χ3v) is 2.64. The van der Waals surface area contributed by atoms with Gasteiger partial charge in [-0.2, -0.15) is 0 Å². The van der Waals surface area contributed by atoms with E-state index in [0.717, 1.165) is 18.1 Å². The van der Waals surface area contributed by atoms with Crippen molar-refractivity contribution in [3.8, 4) is 0 Å². The molecule has 0 saturated heterocycles. The number of rotatable bonds is 5. The van der Waals surface area contributed by atoms with Crippen LogP contribution in [0.25, 0.3) is 0 Å². The number of aromatic nitrogens is 2. The topological polar surface area (TPSA) is 47.0 Å². The Labute approximate surface area is 107 Å². The Kier molecular flexibility index (Phi) is 4.25. The predicted octanol–water partition coefficient (Wildman–Crippen LogP) is 2.54. The van der Waals surface area contributed by atoms with Gasteiger partial charge in [0.15, 0.2) is 0 Å². The first-order valence-corrected chi connectivity index (χ1v) is 5.88. The summed E-state index contributed by atoms with van der Waals surface area (Å²) in [6.07, 6.45) is 3.39. The number of benzene rings is 1. The van der Waals surface area contributed by atoms with Crippen LogP contribution in [0.3, 0.4) is 0 Å². The average Bonchev–Trinajstić information content (AvgIpc) is 2.39. The molecule has 0 aliphatic carbocycles. The van der Waals surface area contributed by atoms with E-state index < -0.39 is 0 Å². The molecule has 4 heteroatoms. The highest BCUT2D eigenvalue weighted by Gasteiger charge is 2.00. The molecule has 94 valence electrons. The van der Waals surface area contributed by atoms with Gasteiger partial charge in [0.05, 0.1) is 12.3 Å². The molecule has 1 N–H and O–H groups in total. The van der Waals surface area contributed by atoms with Crippen LogP contribution in [0.1, 0.15) is 16.8 Å². The predicted molar refractivity (Wildman–Crippen MR) is 71.3 cm³/mol. The summed E-state index contributed by atoms with van der Waals surface area (Å²) in [5.41, 5.74) is 3.29. The van der Waals surface area contributed by atoms with E-state index in [9.17, 15) is 0 Å². The summed E-state index contributed by atoms with van der Waals surface area (Å²) in [4.78, 5) is 8.45. The van der Waals surface area contributed by atoms with Crippen LogP contribution in [0, 0.1) is 6.92 Å². The summed E-state index contributed by atoms with van der Waals surface area (Å²) in [7, 11) is 1.70. The standard InChI is InChI=1S/C14H17N3O/c1-11-14(16-7-6-15-11)17-9-12-4-3-5-13(8-12)10-18-2/h3-8H,9-10H2,1-2H3,(H,16,17). The molecule has 0 aliphatic heterocycles. The van der Waals surface area contributed by atoms with Gasteiger partial charge in [0.1, 0.15) is 5.82 Å². The Bertz CT molecular complexity index is 514. The van der Waals surface area contributed by atoms with Crippen molar-refractivity contribution in [3.05, 3.63) is 53.5 Å². The molecule has 0 unspecified atom stereocenters. The van der Waals surface area contributed by atoms with Gasteiger partial charge in [-0.25, -0.2) is 4.98 Å². The number of hydrogen-bond donors (Lipinski definition) is 1. The molecule has 0 spiro atoms. The van der Waals surface area contributed by atoms with Crippen LogP contribution in [0.5, 0.6) is 0 Å². The first kappa shape index (κ1) is 12.5. The first-order valence-electron chi connectivity index (χ1n) is 5.88. The lowest BCUT2D eigenvalue weighted by atomic mass is 10.1. The van der Waals surface area contributed by atoms with Gasteiger partial charge in [-0.3, -0.25) is 4.98 Å². The number of aryl methyl sites for hydroxylation is 1. The second kappa shape index (κ2) is 6.12. The third-order valence-electron chi connectivity index (χ3n) is 2.64. The van der Waals surface area contributed by atoms with Crippen molar-refractivity contribution in [1.82, 2.24) is 9.97 Å². The van der Waals surface area contributed by atoms with Gasteiger partial charge in [-0.15, -0.1) is 0 Å². The van der Waals surface area contributed by atoms with E-state index >= 15 is 0 Å². The highest BCUT2D eigenvalue weighted by Crippen LogP contribution is 2.11. The van der Waals surface area contributed by atoms with Crippen molar-refractivity contribution in [2.24, 2.45) is 0 Å². The van der Waals surface area contributed by atoms with E-state index in [-0.39, 0.29) is 0 Å². The highest BCUT2D eigenvalue weighted by molar-refractivity contribution is 5.39. The van der Waals surface area contributed by atoms with Crippen LogP contribution in [0.4, 0.5) is 5.82 Å². The average molecular weight is 243 g/mol. The summed E-state index contributed by atoms with van der Waals surface area (Å²) in [5, 5.41) is 3.28.